The van der Waals surface area contributed by atoms with Crippen molar-refractivity contribution in [3.8, 4) is 0 Å². The second-order valence-electron chi connectivity index (χ2n) is 4.51. The number of amides is 3. The third-order valence-electron chi connectivity index (χ3n) is 2.77. The molecule has 0 aliphatic rings. The van der Waals surface area contributed by atoms with E-state index in [0.29, 0.717) is 11.1 Å². The first-order valence-electron chi connectivity index (χ1n) is 6.17. The lowest BCUT2D eigenvalue weighted by Gasteiger charge is -2.03. The average Bonchev–Trinajstić information content (AvgIpc) is 2.78. The molecule has 0 spiro atoms. The van der Waals surface area contributed by atoms with Crippen molar-refractivity contribution in [3.63, 3.8) is 0 Å². The van der Waals surface area contributed by atoms with Gasteiger partial charge in [-0.1, -0.05) is 12.1 Å². The molecule has 2 aromatic rings. The molecule has 2 rings (SSSR count). The molecule has 0 atom stereocenters. The SMILES string of the molecule is Cc1ccc2c(CC(=O)OCC(=O)NC(N)=O)coc2c1. The van der Waals surface area contributed by atoms with Gasteiger partial charge in [0.05, 0.1) is 12.7 Å². The van der Waals surface area contributed by atoms with Crippen LogP contribution in [0.1, 0.15) is 11.1 Å². The van der Waals surface area contributed by atoms with Crippen LogP contribution in [-0.4, -0.2) is 24.5 Å². The van der Waals surface area contributed by atoms with Crippen molar-refractivity contribution < 1.29 is 23.5 Å². The summed E-state index contributed by atoms with van der Waals surface area (Å²) in [6.45, 7) is 1.38. The van der Waals surface area contributed by atoms with E-state index < -0.39 is 24.5 Å². The second kappa shape index (κ2) is 6.08. The fourth-order valence-electron chi connectivity index (χ4n) is 1.85. The molecule has 0 radical (unpaired) electrons. The molecule has 110 valence electrons. The van der Waals surface area contributed by atoms with Crippen LogP contribution in [0.15, 0.2) is 28.9 Å². The molecule has 0 aliphatic heterocycles. The Hall–Kier alpha value is -2.83. The van der Waals surface area contributed by atoms with Crippen LogP contribution in [0, 0.1) is 6.92 Å². The van der Waals surface area contributed by atoms with E-state index in [1.807, 2.05) is 25.1 Å². The molecule has 1 aromatic heterocycles. The van der Waals surface area contributed by atoms with Crippen LogP contribution < -0.4 is 11.1 Å². The Balaban J connectivity index is 1.95. The number of furan rings is 1. The fraction of sp³-hybridized carbons (Fsp3) is 0.214. The van der Waals surface area contributed by atoms with Crippen LogP contribution in [0.25, 0.3) is 11.0 Å². The van der Waals surface area contributed by atoms with E-state index in [2.05, 4.69) is 0 Å². The molecular weight excluding hydrogens is 276 g/mol. The van der Waals surface area contributed by atoms with Crippen LogP contribution in [0.3, 0.4) is 0 Å². The summed E-state index contributed by atoms with van der Waals surface area (Å²) < 4.78 is 10.1. The molecule has 0 aliphatic carbocycles. The number of aryl methyl sites for hydroxylation is 1. The topological polar surface area (TPSA) is 112 Å². The molecule has 0 saturated carbocycles. The summed E-state index contributed by atoms with van der Waals surface area (Å²) in [4.78, 5) is 33.2. The summed E-state index contributed by atoms with van der Waals surface area (Å²) in [7, 11) is 0. The highest BCUT2D eigenvalue weighted by atomic mass is 16.5. The van der Waals surface area contributed by atoms with Crippen LogP contribution in [0.2, 0.25) is 0 Å². The van der Waals surface area contributed by atoms with E-state index in [1.54, 1.807) is 5.32 Å². The lowest BCUT2D eigenvalue weighted by molar-refractivity contribution is -0.147. The minimum absolute atomic E-state index is 0.0279. The van der Waals surface area contributed by atoms with Gasteiger partial charge in [-0.15, -0.1) is 0 Å². The summed E-state index contributed by atoms with van der Waals surface area (Å²) in [5, 5.41) is 2.62. The smallest absolute Gasteiger partial charge is 0.318 e. The number of hydrogen-bond acceptors (Lipinski definition) is 5. The van der Waals surface area contributed by atoms with Crippen LogP contribution in [0.5, 0.6) is 0 Å². The van der Waals surface area contributed by atoms with Gasteiger partial charge in [-0.2, -0.15) is 0 Å². The maximum Gasteiger partial charge on any atom is 0.318 e. The molecular formula is C14H14N2O5. The first-order chi connectivity index (χ1) is 9.95. The Morgan fingerprint density at radius 3 is 2.81 bits per heavy atom. The number of benzene rings is 1. The van der Waals surface area contributed by atoms with Gasteiger partial charge in [-0.3, -0.25) is 14.9 Å². The van der Waals surface area contributed by atoms with Crippen molar-refractivity contribution in [1.82, 2.24) is 5.32 Å². The minimum Gasteiger partial charge on any atom is -0.464 e. The Morgan fingerprint density at radius 1 is 1.33 bits per heavy atom. The Morgan fingerprint density at radius 2 is 2.10 bits per heavy atom. The van der Waals surface area contributed by atoms with Crippen LogP contribution >= 0.6 is 0 Å². The van der Waals surface area contributed by atoms with E-state index in [1.165, 1.54) is 6.26 Å². The summed E-state index contributed by atoms with van der Waals surface area (Å²) in [6.07, 6.45) is 1.45. The van der Waals surface area contributed by atoms with Gasteiger partial charge < -0.3 is 14.9 Å². The standard InChI is InChI=1S/C14H14N2O5/c1-8-2-3-10-9(6-20-11(10)4-8)5-13(18)21-7-12(17)16-14(15)19/h2-4,6H,5,7H2,1H3,(H3,15,16,17,19). The van der Waals surface area contributed by atoms with E-state index in [0.717, 1.165) is 10.9 Å². The summed E-state index contributed by atoms with van der Waals surface area (Å²) in [6, 6.07) is 4.64. The molecule has 1 heterocycles. The number of ether oxygens (including phenoxy) is 1. The third-order valence-corrected chi connectivity index (χ3v) is 2.77. The number of esters is 1. The third kappa shape index (κ3) is 3.82. The van der Waals surface area contributed by atoms with Gasteiger partial charge in [-0.05, 0) is 18.6 Å². The van der Waals surface area contributed by atoms with Crippen molar-refractivity contribution >= 4 is 28.9 Å². The predicted octanol–water partition coefficient (Wildman–Crippen LogP) is 1.02. The largest absolute Gasteiger partial charge is 0.464 e. The Bertz CT molecular complexity index is 704. The van der Waals surface area contributed by atoms with Gasteiger partial charge in [0, 0.05) is 10.9 Å². The summed E-state index contributed by atoms with van der Waals surface area (Å²) in [5.41, 5.74) is 7.17. The quantitative estimate of drug-likeness (QED) is 0.816. The first kappa shape index (κ1) is 14.6. The zero-order valence-corrected chi connectivity index (χ0v) is 11.3. The molecule has 0 unspecified atom stereocenters. The maximum atomic E-state index is 11.7. The minimum atomic E-state index is -0.993. The highest BCUT2D eigenvalue weighted by molar-refractivity contribution is 5.95. The molecule has 0 fully saturated rings. The molecule has 3 N–H and O–H groups in total. The van der Waals surface area contributed by atoms with Crippen molar-refractivity contribution in [2.45, 2.75) is 13.3 Å². The average molecular weight is 290 g/mol. The van der Waals surface area contributed by atoms with E-state index in [9.17, 15) is 14.4 Å². The molecule has 3 amide bonds. The van der Waals surface area contributed by atoms with Crippen molar-refractivity contribution in [3.05, 3.63) is 35.6 Å². The Labute approximate surface area is 120 Å². The number of carbonyl (C=O) groups excluding carboxylic acids is 3. The number of urea groups is 1. The molecule has 1 aromatic carbocycles. The molecule has 7 nitrogen and oxygen atoms in total. The fourth-order valence-corrected chi connectivity index (χ4v) is 1.85. The second-order valence-corrected chi connectivity index (χ2v) is 4.51. The zero-order valence-electron chi connectivity index (χ0n) is 11.3. The maximum absolute atomic E-state index is 11.7. The molecule has 0 saturated heterocycles. The molecule has 0 bridgehead atoms. The van der Waals surface area contributed by atoms with Gasteiger partial charge in [0.15, 0.2) is 6.61 Å². The number of nitrogens with two attached hydrogens (primary N) is 1. The summed E-state index contributed by atoms with van der Waals surface area (Å²) in [5.74, 6) is -1.37. The normalized spacial score (nSPS) is 10.3. The van der Waals surface area contributed by atoms with Crippen molar-refractivity contribution in [2.24, 2.45) is 5.73 Å². The molecule has 21 heavy (non-hydrogen) atoms. The number of imide groups is 1. The molecule has 7 heteroatoms. The number of nitrogens with one attached hydrogen (secondary N) is 1. The van der Waals surface area contributed by atoms with Gasteiger partial charge >= 0.3 is 12.0 Å². The van der Waals surface area contributed by atoms with Crippen LogP contribution in [0.4, 0.5) is 4.79 Å². The number of rotatable bonds is 4. The number of hydrogen-bond donors (Lipinski definition) is 2. The predicted molar refractivity (Wildman–Crippen MR) is 73.3 cm³/mol. The number of primary amides is 1. The van der Waals surface area contributed by atoms with Crippen molar-refractivity contribution in [2.75, 3.05) is 6.61 Å². The number of fused-ring (bicyclic) bond motifs is 1. The Kier molecular flexibility index (Phi) is 4.22. The highest BCUT2D eigenvalue weighted by Crippen LogP contribution is 2.22. The lowest BCUT2D eigenvalue weighted by atomic mass is 10.1. The zero-order chi connectivity index (χ0) is 15.4. The van der Waals surface area contributed by atoms with E-state index in [-0.39, 0.29) is 6.42 Å². The number of carbonyl (C=O) groups is 3. The van der Waals surface area contributed by atoms with E-state index >= 15 is 0 Å². The van der Waals surface area contributed by atoms with Gasteiger partial charge in [0.2, 0.25) is 0 Å². The monoisotopic (exact) mass is 290 g/mol. The van der Waals surface area contributed by atoms with Gasteiger partial charge in [0.1, 0.15) is 5.58 Å². The van der Waals surface area contributed by atoms with Crippen molar-refractivity contribution in [1.29, 1.82) is 0 Å². The first-order valence-corrected chi connectivity index (χ1v) is 6.17. The van der Waals surface area contributed by atoms with Gasteiger partial charge in [-0.25, -0.2) is 4.79 Å². The lowest BCUT2D eigenvalue weighted by Crippen LogP contribution is -2.37. The summed E-state index contributed by atoms with van der Waals surface area (Å²) >= 11 is 0. The van der Waals surface area contributed by atoms with E-state index in [4.69, 9.17) is 14.9 Å². The van der Waals surface area contributed by atoms with Gasteiger partial charge in [0.25, 0.3) is 5.91 Å². The van der Waals surface area contributed by atoms with Crippen LogP contribution in [-0.2, 0) is 20.7 Å². The highest BCUT2D eigenvalue weighted by Gasteiger charge is 2.13.